The van der Waals surface area contributed by atoms with Gasteiger partial charge in [0.1, 0.15) is 0 Å². The summed E-state index contributed by atoms with van der Waals surface area (Å²) in [4.78, 5) is 11.8. The van der Waals surface area contributed by atoms with Crippen molar-refractivity contribution in [2.45, 2.75) is 58.0 Å². The van der Waals surface area contributed by atoms with Crippen LogP contribution in [-0.2, 0) is 4.79 Å². The molecule has 1 rings (SSSR count). The standard InChI is InChI=1S/C11H22N2O/c1-8(2)13-10(14)11(12)6-4-5-9(3)7-11/h8-9H,4-7,12H2,1-3H3,(H,13,14). The minimum absolute atomic E-state index is 0.0269. The number of nitrogens with two attached hydrogens (primary N) is 1. The monoisotopic (exact) mass is 198 g/mol. The highest BCUT2D eigenvalue weighted by Crippen LogP contribution is 2.30. The summed E-state index contributed by atoms with van der Waals surface area (Å²) < 4.78 is 0. The number of rotatable bonds is 2. The maximum absolute atomic E-state index is 11.8. The average molecular weight is 198 g/mol. The quantitative estimate of drug-likeness (QED) is 0.705. The number of hydrogen-bond acceptors (Lipinski definition) is 2. The molecule has 3 nitrogen and oxygen atoms in total. The molecule has 0 radical (unpaired) electrons. The highest BCUT2D eigenvalue weighted by Gasteiger charge is 2.37. The summed E-state index contributed by atoms with van der Waals surface area (Å²) in [7, 11) is 0. The summed E-state index contributed by atoms with van der Waals surface area (Å²) >= 11 is 0. The summed E-state index contributed by atoms with van der Waals surface area (Å²) in [6, 6.07) is 0.181. The zero-order chi connectivity index (χ0) is 10.8. The summed E-state index contributed by atoms with van der Waals surface area (Å²) in [5.74, 6) is 0.603. The first kappa shape index (κ1) is 11.5. The number of amides is 1. The molecule has 0 aliphatic heterocycles. The minimum atomic E-state index is -0.609. The van der Waals surface area contributed by atoms with Gasteiger partial charge in [0.25, 0.3) is 0 Å². The van der Waals surface area contributed by atoms with E-state index in [1.54, 1.807) is 0 Å². The van der Waals surface area contributed by atoms with Crippen molar-refractivity contribution < 1.29 is 4.79 Å². The number of nitrogens with one attached hydrogen (secondary N) is 1. The van der Waals surface area contributed by atoms with Crippen LogP contribution < -0.4 is 11.1 Å². The Morgan fingerprint density at radius 3 is 2.71 bits per heavy atom. The Morgan fingerprint density at radius 1 is 1.57 bits per heavy atom. The van der Waals surface area contributed by atoms with Gasteiger partial charge in [-0.1, -0.05) is 19.8 Å². The highest BCUT2D eigenvalue weighted by atomic mass is 16.2. The van der Waals surface area contributed by atoms with Gasteiger partial charge >= 0.3 is 0 Å². The Balaban J connectivity index is 2.59. The molecule has 0 aromatic rings. The molecule has 2 atom stereocenters. The summed E-state index contributed by atoms with van der Waals surface area (Å²) in [5.41, 5.74) is 5.52. The molecular formula is C11H22N2O. The molecule has 82 valence electrons. The lowest BCUT2D eigenvalue weighted by Crippen LogP contribution is -2.57. The second-order valence-electron chi connectivity index (χ2n) is 4.99. The Labute approximate surface area is 86.4 Å². The molecule has 2 unspecified atom stereocenters. The van der Waals surface area contributed by atoms with Crippen molar-refractivity contribution in [3.63, 3.8) is 0 Å². The predicted octanol–water partition coefficient (Wildman–Crippen LogP) is 1.42. The highest BCUT2D eigenvalue weighted by molar-refractivity contribution is 5.86. The molecule has 0 aromatic heterocycles. The van der Waals surface area contributed by atoms with Crippen molar-refractivity contribution in [1.29, 1.82) is 0 Å². The van der Waals surface area contributed by atoms with Gasteiger partial charge in [0.05, 0.1) is 5.54 Å². The first-order valence-corrected chi connectivity index (χ1v) is 5.54. The van der Waals surface area contributed by atoms with Gasteiger partial charge in [-0.05, 0) is 32.6 Å². The average Bonchev–Trinajstić information content (AvgIpc) is 2.02. The van der Waals surface area contributed by atoms with Crippen molar-refractivity contribution in [2.24, 2.45) is 11.7 Å². The van der Waals surface area contributed by atoms with Crippen LogP contribution in [0.15, 0.2) is 0 Å². The van der Waals surface area contributed by atoms with E-state index in [-0.39, 0.29) is 11.9 Å². The van der Waals surface area contributed by atoms with E-state index in [2.05, 4.69) is 12.2 Å². The van der Waals surface area contributed by atoms with E-state index in [9.17, 15) is 4.79 Å². The normalized spacial score (nSPS) is 33.1. The van der Waals surface area contributed by atoms with Crippen LogP contribution in [0.3, 0.4) is 0 Å². The van der Waals surface area contributed by atoms with Gasteiger partial charge < -0.3 is 11.1 Å². The zero-order valence-electron chi connectivity index (χ0n) is 9.47. The summed E-state index contributed by atoms with van der Waals surface area (Å²) in [5, 5.41) is 2.91. The van der Waals surface area contributed by atoms with Crippen LogP contribution in [0, 0.1) is 5.92 Å². The second kappa shape index (κ2) is 4.30. The fourth-order valence-electron chi connectivity index (χ4n) is 2.20. The van der Waals surface area contributed by atoms with Gasteiger partial charge in [0.2, 0.25) is 5.91 Å². The van der Waals surface area contributed by atoms with Crippen molar-refractivity contribution >= 4 is 5.91 Å². The number of carbonyl (C=O) groups is 1. The van der Waals surface area contributed by atoms with Crippen LogP contribution in [-0.4, -0.2) is 17.5 Å². The van der Waals surface area contributed by atoms with E-state index in [1.165, 1.54) is 6.42 Å². The Kier molecular flexibility index (Phi) is 3.53. The van der Waals surface area contributed by atoms with Crippen LogP contribution in [0.5, 0.6) is 0 Å². The van der Waals surface area contributed by atoms with Gasteiger partial charge in [0, 0.05) is 6.04 Å². The fraction of sp³-hybridized carbons (Fsp3) is 0.909. The largest absolute Gasteiger partial charge is 0.352 e. The van der Waals surface area contributed by atoms with Crippen LogP contribution in [0.1, 0.15) is 46.5 Å². The maximum Gasteiger partial charge on any atom is 0.240 e. The van der Waals surface area contributed by atoms with Crippen LogP contribution in [0.2, 0.25) is 0 Å². The van der Waals surface area contributed by atoms with Crippen molar-refractivity contribution in [3.8, 4) is 0 Å². The van der Waals surface area contributed by atoms with Crippen molar-refractivity contribution in [2.75, 3.05) is 0 Å². The van der Waals surface area contributed by atoms with Crippen LogP contribution in [0.25, 0.3) is 0 Å². The van der Waals surface area contributed by atoms with Gasteiger partial charge in [0.15, 0.2) is 0 Å². The fourth-order valence-corrected chi connectivity index (χ4v) is 2.20. The number of hydrogen-bond donors (Lipinski definition) is 2. The second-order valence-corrected chi connectivity index (χ2v) is 4.99. The summed E-state index contributed by atoms with van der Waals surface area (Å²) in [6.07, 6.45) is 3.93. The molecular weight excluding hydrogens is 176 g/mol. The molecule has 1 fully saturated rings. The molecule has 0 heterocycles. The third kappa shape index (κ3) is 2.71. The molecule has 0 spiro atoms. The Morgan fingerprint density at radius 2 is 2.21 bits per heavy atom. The lowest BCUT2D eigenvalue weighted by molar-refractivity contribution is -0.128. The first-order chi connectivity index (χ1) is 6.44. The van der Waals surface area contributed by atoms with Gasteiger partial charge in [-0.15, -0.1) is 0 Å². The van der Waals surface area contributed by atoms with E-state index in [4.69, 9.17) is 5.73 Å². The molecule has 3 heteroatoms. The van der Waals surface area contributed by atoms with E-state index < -0.39 is 5.54 Å². The molecule has 0 saturated heterocycles. The zero-order valence-corrected chi connectivity index (χ0v) is 9.47. The third-order valence-corrected chi connectivity index (χ3v) is 2.90. The molecule has 1 amide bonds. The third-order valence-electron chi connectivity index (χ3n) is 2.90. The molecule has 1 aliphatic rings. The first-order valence-electron chi connectivity index (χ1n) is 5.54. The molecule has 14 heavy (non-hydrogen) atoms. The van der Waals surface area contributed by atoms with Crippen LogP contribution in [0.4, 0.5) is 0 Å². The SMILES string of the molecule is CC1CCCC(N)(C(=O)NC(C)C)C1. The van der Waals surface area contributed by atoms with Gasteiger partial charge in [-0.2, -0.15) is 0 Å². The molecule has 1 aliphatic carbocycles. The topological polar surface area (TPSA) is 55.1 Å². The van der Waals surface area contributed by atoms with E-state index in [0.717, 1.165) is 19.3 Å². The Hall–Kier alpha value is -0.570. The molecule has 3 N–H and O–H groups in total. The van der Waals surface area contributed by atoms with Crippen molar-refractivity contribution in [3.05, 3.63) is 0 Å². The van der Waals surface area contributed by atoms with Crippen molar-refractivity contribution in [1.82, 2.24) is 5.32 Å². The van der Waals surface area contributed by atoms with E-state index in [1.807, 2.05) is 13.8 Å². The van der Waals surface area contributed by atoms with Gasteiger partial charge in [-0.3, -0.25) is 4.79 Å². The van der Waals surface area contributed by atoms with E-state index in [0.29, 0.717) is 5.92 Å². The molecule has 0 bridgehead atoms. The lowest BCUT2D eigenvalue weighted by Gasteiger charge is -2.35. The van der Waals surface area contributed by atoms with Crippen LogP contribution >= 0.6 is 0 Å². The predicted molar refractivity (Wildman–Crippen MR) is 57.8 cm³/mol. The van der Waals surface area contributed by atoms with E-state index >= 15 is 0 Å². The number of carbonyl (C=O) groups excluding carboxylic acids is 1. The Bertz CT molecular complexity index is 215. The molecule has 0 aromatic carbocycles. The minimum Gasteiger partial charge on any atom is -0.352 e. The lowest BCUT2D eigenvalue weighted by atomic mass is 9.76. The maximum atomic E-state index is 11.8. The summed E-state index contributed by atoms with van der Waals surface area (Å²) in [6.45, 7) is 6.10. The molecule has 1 saturated carbocycles. The van der Waals surface area contributed by atoms with Gasteiger partial charge in [-0.25, -0.2) is 0 Å². The smallest absolute Gasteiger partial charge is 0.240 e.